The van der Waals surface area contributed by atoms with Crippen molar-refractivity contribution in [2.24, 2.45) is 0 Å². The lowest BCUT2D eigenvalue weighted by Crippen LogP contribution is -2.28. The van der Waals surface area contributed by atoms with Crippen LogP contribution >= 0.6 is 0 Å². The minimum Gasteiger partial charge on any atom is -0.493 e. The Balaban J connectivity index is 1.78. The van der Waals surface area contributed by atoms with Gasteiger partial charge in [0.05, 0.1) is 13.7 Å². The maximum Gasteiger partial charge on any atom is 0.251 e. The lowest BCUT2D eigenvalue weighted by molar-refractivity contribution is 0.0947. The van der Waals surface area contributed by atoms with Crippen LogP contribution in [0.5, 0.6) is 11.5 Å². The molecule has 0 saturated carbocycles. The molecule has 0 saturated heterocycles. The first-order valence-electron chi connectivity index (χ1n) is 6.31. The standard InChI is InChI=1S/C16H16NO3/c1-19-14-9-5-6-10-15(14)20-12-11-17-16(18)13-7-3-2-4-8-13/h2-4,6-10H,11-12H2,1H3,(H,17,18). The molecule has 0 atom stereocenters. The van der Waals surface area contributed by atoms with E-state index < -0.39 is 0 Å². The predicted molar refractivity (Wildman–Crippen MR) is 76.1 cm³/mol. The first-order chi connectivity index (χ1) is 9.81. The summed E-state index contributed by atoms with van der Waals surface area (Å²) in [4.78, 5) is 11.8. The van der Waals surface area contributed by atoms with Crippen molar-refractivity contribution in [2.75, 3.05) is 20.3 Å². The average Bonchev–Trinajstić information content (AvgIpc) is 2.52. The third-order valence-corrected chi connectivity index (χ3v) is 2.69. The molecule has 4 heteroatoms. The van der Waals surface area contributed by atoms with Gasteiger partial charge in [0.2, 0.25) is 0 Å². The van der Waals surface area contributed by atoms with Crippen LogP contribution < -0.4 is 14.8 Å². The smallest absolute Gasteiger partial charge is 0.251 e. The van der Waals surface area contributed by atoms with E-state index in [1.807, 2.05) is 18.2 Å². The summed E-state index contributed by atoms with van der Waals surface area (Å²) in [6, 6.07) is 17.2. The Morgan fingerprint density at radius 1 is 1.20 bits per heavy atom. The molecule has 0 heterocycles. The molecule has 103 valence electrons. The molecular weight excluding hydrogens is 254 g/mol. The predicted octanol–water partition coefficient (Wildman–Crippen LogP) is 2.30. The molecule has 1 N–H and O–H groups in total. The molecule has 0 fully saturated rings. The third-order valence-electron chi connectivity index (χ3n) is 2.69. The van der Waals surface area contributed by atoms with Crippen LogP contribution in [0.25, 0.3) is 0 Å². The van der Waals surface area contributed by atoms with Crippen LogP contribution in [0, 0.1) is 6.07 Å². The molecule has 20 heavy (non-hydrogen) atoms. The molecule has 0 bridgehead atoms. The van der Waals surface area contributed by atoms with Gasteiger partial charge in [-0.1, -0.05) is 24.3 Å². The topological polar surface area (TPSA) is 47.6 Å². The fraction of sp³-hybridized carbons (Fsp3) is 0.188. The van der Waals surface area contributed by atoms with Gasteiger partial charge in [0, 0.05) is 5.56 Å². The summed E-state index contributed by atoms with van der Waals surface area (Å²) >= 11 is 0. The van der Waals surface area contributed by atoms with Gasteiger partial charge in [-0.15, -0.1) is 0 Å². The van der Waals surface area contributed by atoms with Crippen LogP contribution in [0.2, 0.25) is 0 Å². The largest absolute Gasteiger partial charge is 0.493 e. The highest BCUT2D eigenvalue weighted by Crippen LogP contribution is 2.25. The van der Waals surface area contributed by atoms with E-state index in [4.69, 9.17) is 9.47 Å². The molecular formula is C16H16NO3. The molecule has 0 unspecified atom stereocenters. The van der Waals surface area contributed by atoms with E-state index in [-0.39, 0.29) is 5.91 Å². The molecule has 0 aliphatic carbocycles. The monoisotopic (exact) mass is 270 g/mol. The van der Waals surface area contributed by atoms with Gasteiger partial charge in [-0.25, -0.2) is 0 Å². The lowest BCUT2D eigenvalue weighted by atomic mass is 10.2. The summed E-state index contributed by atoms with van der Waals surface area (Å²) < 4.78 is 10.7. The Hall–Kier alpha value is -2.49. The van der Waals surface area contributed by atoms with Gasteiger partial charge >= 0.3 is 0 Å². The number of ether oxygens (including phenoxy) is 2. The number of rotatable bonds is 6. The van der Waals surface area contributed by atoms with E-state index in [9.17, 15) is 4.79 Å². The van der Waals surface area contributed by atoms with Crippen LogP contribution in [0.4, 0.5) is 0 Å². The summed E-state index contributed by atoms with van der Waals surface area (Å²) in [5.41, 5.74) is 0.638. The van der Waals surface area contributed by atoms with Crippen molar-refractivity contribution in [1.82, 2.24) is 5.32 Å². The SMILES string of the molecule is COc1c[c]ccc1OCCNC(=O)c1ccccc1. The zero-order chi connectivity index (χ0) is 14.2. The zero-order valence-corrected chi connectivity index (χ0v) is 11.3. The number of hydrogen-bond donors (Lipinski definition) is 1. The van der Waals surface area contributed by atoms with Crippen molar-refractivity contribution in [1.29, 1.82) is 0 Å². The van der Waals surface area contributed by atoms with Crippen molar-refractivity contribution in [2.45, 2.75) is 0 Å². The molecule has 2 aromatic rings. The van der Waals surface area contributed by atoms with E-state index in [1.165, 1.54) is 0 Å². The summed E-state index contributed by atoms with van der Waals surface area (Å²) in [5.74, 6) is 1.16. The van der Waals surface area contributed by atoms with Gasteiger partial charge in [0.15, 0.2) is 11.5 Å². The highest BCUT2D eigenvalue weighted by molar-refractivity contribution is 5.94. The summed E-state index contributed by atoms with van der Waals surface area (Å²) in [6.07, 6.45) is 0. The minimum atomic E-state index is -0.109. The van der Waals surface area contributed by atoms with Gasteiger partial charge in [0.25, 0.3) is 5.91 Å². The van der Waals surface area contributed by atoms with Crippen molar-refractivity contribution in [3.8, 4) is 11.5 Å². The van der Waals surface area contributed by atoms with Gasteiger partial charge < -0.3 is 14.8 Å². The highest BCUT2D eigenvalue weighted by atomic mass is 16.5. The van der Waals surface area contributed by atoms with Gasteiger partial charge in [-0.3, -0.25) is 4.79 Å². The molecule has 2 rings (SSSR count). The van der Waals surface area contributed by atoms with E-state index in [0.717, 1.165) is 0 Å². The Bertz CT molecular complexity index is 555. The number of carbonyl (C=O) groups is 1. The zero-order valence-electron chi connectivity index (χ0n) is 11.3. The fourth-order valence-electron chi connectivity index (χ4n) is 1.70. The second-order valence-electron chi connectivity index (χ2n) is 4.05. The molecule has 0 spiro atoms. The molecule has 0 aliphatic rings. The number of hydrogen-bond acceptors (Lipinski definition) is 3. The number of benzene rings is 2. The summed E-state index contributed by atoms with van der Waals surface area (Å²) in [5, 5.41) is 2.79. The van der Waals surface area contributed by atoms with Crippen molar-refractivity contribution >= 4 is 5.91 Å². The maximum absolute atomic E-state index is 11.8. The summed E-state index contributed by atoms with van der Waals surface area (Å²) in [7, 11) is 1.58. The van der Waals surface area contributed by atoms with Gasteiger partial charge in [-0.05, 0) is 30.3 Å². The minimum absolute atomic E-state index is 0.109. The Morgan fingerprint density at radius 3 is 2.75 bits per heavy atom. The highest BCUT2D eigenvalue weighted by Gasteiger charge is 2.05. The van der Waals surface area contributed by atoms with E-state index in [0.29, 0.717) is 30.2 Å². The molecule has 0 aromatic heterocycles. The van der Waals surface area contributed by atoms with Crippen LogP contribution in [0.15, 0.2) is 48.5 Å². The molecule has 0 aliphatic heterocycles. The Labute approximate surface area is 118 Å². The molecule has 1 amide bonds. The summed E-state index contributed by atoms with van der Waals surface area (Å²) in [6.45, 7) is 0.800. The van der Waals surface area contributed by atoms with E-state index >= 15 is 0 Å². The average molecular weight is 270 g/mol. The van der Waals surface area contributed by atoms with Crippen molar-refractivity contribution < 1.29 is 14.3 Å². The van der Waals surface area contributed by atoms with E-state index in [2.05, 4.69) is 11.4 Å². The first-order valence-corrected chi connectivity index (χ1v) is 6.31. The quantitative estimate of drug-likeness (QED) is 0.819. The molecule has 2 aromatic carbocycles. The van der Waals surface area contributed by atoms with Crippen LogP contribution in [0.3, 0.4) is 0 Å². The van der Waals surface area contributed by atoms with Crippen LogP contribution in [-0.4, -0.2) is 26.2 Å². The fourth-order valence-corrected chi connectivity index (χ4v) is 1.70. The van der Waals surface area contributed by atoms with Gasteiger partial charge in [-0.2, -0.15) is 0 Å². The molecule has 4 nitrogen and oxygen atoms in total. The maximum atomic E-state index is 11.8. The number of nitrogens with one attached hydrogen (secondary N) is 1. The normalized spacial score (nSPS) is 9.85. The Morgan fingerprint density at radius 2 is 2.00 bits per heavy atom. The number of methoxy groups -OCH3 is 1. The second kappa shape index (κ2) is 7.19. The van der Waals surface area contributed by atoms with Crippen molar-refractivity contribution in [3.05, 3.63) is 60.2 Å². The number of amides is 1. The van der Waals surface area contributed by atoms with Crippen molar-refractivity contribution in [3.63, 3.8) is 0 Å². The van der Waals surface area contributed by atoms with E-state index in [1.54, 1.807) is 37.4 Å². The first kappa shape index (κ1) is 13.9. The Kier molecular flexibility index (Phi) is 5.00. The number of carbonyl (C=O) groups excluding carboxylic acids is 1. The molecule has 1 radical (unpaired) electrons. The third kappa shape index (κ3) is 3.75. The second-order valence-corrected chi connectivity index (χ2v) is 4.05. The lowest BCUT2D eigenvalue weighted by Gasteiger charge is -2.10. The van der Waals surface area contributed by atoms with Crippen LogP contribution in [-0.2, 0) is 0 Å². The van der Waals surface area contributed by atoms with Crippen LogP contribution in [0.1, 0.15) is 10.4 Å². The van der Waals surface area contributed by atoms with Gasteiger partial charge in [0.1, 0.15) is 6.61 Å².